The van der Waals surface area contributed by atoms with E-state index in [-0.39, 0.29) is 0 Å². The van der Waals surface area contributed by atoms with Gasteiger partial charge in [0.25, 0.3) is 0 Å². The number of nitrogens with zero attached hydrogens (tertiary/aromatic N) is 6. The molecule has 0 N–H and O–H groups in total. The van der Waals surface area contributed by atoms with Crippen LogP contribution >= 0.6 is 0 Å². The molecule has 6 nitrogen and oxygen atoms in total. The summed E-state index contributed by atoms with van der Waals surface area (Å²) in [5, 5.41) is 4.62. The minimum atomic E-state index is 0.373. The van der Waals surface area contributed by atoms with Crippen molar-refractivity contribution in [3.8, 4) is 0 Å². The second-order valence-corrected chi connectivity index (χ2v) is 7.34. The van der Waals surface area contributed by atoms with Crippen LogP contribution in [0.25, 0.3) is 0 Å². The molecule has 2 fully saturated rings. The van der Waals surface area contributed by atoms with Crippen molar-refractivity contribution >= 4 is 11.6 Å². The lowest BCUT2D eigenvalue weighted by Gasteiger charge is -2.30. The smallest absolute Gasteiger partial charge is 0.134 e. The summed E-state index contributed by atoms with van der Waals surface area (Å²) >= 11 is 0. The molecule has 0 spiro atoms. The van der Waals surface area contributed by atoms with E-state index in [0.29, 0.717) is 6.04 Å². The molecule has 4 heterocycles. The number of aryl methyl sites for hydroxylation is 2. The fourth-order valence-corrected chi connectivity index (χ4v) is 4.40. The lowest BCUT2D eigenvalue weighted by Crippen LogP contribution is -2.31. The van der Waals surface area contributed by atoms with Gasteiger partial charge in [-0.05, 0) is 46.0 Å². The van der Waals surface area contributed by atoms with E-state index < -0.39 is 0 Å². The molecule has 25 heavy (non-hydrogen) atoms. The molecule has 6 heteroatoms. The highest BCUT2D eigenvalue weighted by atomic mass is 15.3. The second kappa shape index (κ2) is 6.65. The molecule has 134 valence electrons. The van der Waals surface area contributed by atoms with E-state index >= 15 is 0 Å². The number of piperidine rings is 1. The molecule has 0 amide bonds. The summed E-state index contributed by atoms with van der Waals surface area (Å²) in [6.07, 6.45) is 7.96. The summed E-state index contributed by atoms with van der Waals surface area (Å²) in [4.78, 5) is 14.0. The van der Waals surface area contributed by atoms with Crippen LogP contribution in [0.5, 0.6) is 0 Å². The van der Waals surface area contributed by atoms with Gasteiger partial charge in [-0.15, -0.1) is 0 Å². The molecule has 4 rings (SSSR count). The van der Waals surface area contributed by atoms with Crippen LogP contribution in [0, 0.1) is 13.8 Å². The van der Waals surface area contributed by atoms with Crippen molar-refractivity contribution in [1.82, 2.24) is 19.7 Å². The van der Waals surface area contributed by atoms with E-state index in [2.05, 4.69) is 44.8 Å². The van der Waals surface area contributed by atoms with Crippen molar-refractivity contribution < 1.29 is 0 Å². The Morgan fingerprint density at radius 1 is 0.960 bits per heavy atom. The number of anilines is 2. The fourth-order valence-electron chi connectivity index (χ4n) is 4.40. The van der Waals surface area contributed by atoms with Crippen LogP contribution in [0.3, 0.4) is 0 Å². The molecule has 2 aromatic heterocycles. The molecular weight excluding hydrogens is 312 g/mol. The van der Waals surface area contributed by atoms with Crippen LogP contribution in [-0.2, 0) is 7.05 Å². The quantitative estimate of drug-likeness (QED) is 0.859. The molecule has 0 aliphatic carbocycles. The van der Waals surface area contributed by atoms with Crippen molar-refractivity contribution in [2.75, 3.05) is 29.4 Å². The van der Waals surface area contributed by atoms with E-state index in [1.54, 1.807) is 6.33 Å². The Labute approximate surface area is 149 Å². The monoisotopic (exact) mass is 340 g/mol. The van der Waals surface area contributed by atoms with Crippen molar-refractivity contribution in [2.24, 2.45) is 7.05 Å². The lowest BCUT2D eigenvalue weighted by atomic mass is 10.0. The summed E-state index contributed by atoms with van der Waals surface area (Å²) < 4.78 is 2.00. The highest BCUT2D eigenvalue weighted by molar-refractivity contribution is 5.53. The van der Waals surface area contributed by atoms with Gasteiger partial charge in [-0.2, -0.15) is 5.10 Å². The predicted octanol–water partition coefficient (Wildman–Crippen LogP) is 3.16. The largest absolute Gasteiger partial charge is 0.356 e. The van der Waals surface area contributed by atoms with Crippen molar-refractivity contribution in [2.45, 2.75) is 52.0 Å². The van der Waals surface area contributed by atoms with Crippen molar-refractivity contribution in [1.29, 1.82) is 0 Å². The first-order valence-electron chi connectivity index (χ1n) is 9.49. The van der Waals surface area contributed by atoms with E-state index in [9.17, 15) is 0 Å². The van der Waals surface area contributed by atoms with Gasteiger partial charge in [-0.1, -0.05) is 0 Å². The van der Waals surface area contributed by atoms with Gasteiger partial charge in [-0.3, -0.25) is 4.68 Å². The van der Waals surface area contributed by atoms with Gasteiger partial charge in [0.05, 0.1) is 11.7 Å². The van der Waals surface area contributed by atoms with Crippen molar-refractivity contribution in [3.05, 3.63) is 29.3 Å². The minimum absolute atomic E-state index is 0.373. The summed E-state index contributed by atoms with van der Waals surface area (Å²) in [6, 6.07) is 2.56. The van der Waals surface area contributed by atoms with Crippen LogP contribution in [-0.4, -0.2) is 39.4 Å². The van der Waals surface area contributed by atoms with E-state index in [1.807, 2.05) is 11.7 Å². The summed E-state index contributed by atoms with van der Waals surface area (Å²) in [5.41, 5.74) is 3.78. The normalized spacial score (nSPS) is 21.2. The Balaban J connectivity index is 1.64. The SMILES string of the molecule is Cc1nn(C)c(C)c1C1CCCN1c1cc(N2CCCCC2)ncn1. The minimum Gasteiger partial charge on any atom is -0.356 e. The lowest BCUT2D eigenvalue weighted by molar-refractivity contribution is 0.572. The number of rotatable bonds is 3. The molecule has 2 saturated heterocycles. The Bertz CT molecular complexity index is 746. The summed E-state index contributed by atoms with van der Waals surface area (Å²) in [5.74, 6) is 2.13. The summed E-state index contributed by atoms with van der Waals surface area (Å²) in [6.45, 7) is 7.57. The van der Waals surface area contributed by atoms with Gasteiger partial charge in [-0.25, -0.2) is 9.97 Å². The van der Waals surface area contributed by atoms with Crippen LogP contribution < -0.4 is 9.80 Å². The van der Waals surface area contributed by atoms with Gasteiger partial charge in [0, 0.05) is 44.0 Å². The number of hydrogen-bond donors (Lipinski definition) is 0. The van der Waals surface area contributed by atoms with E-state index in [1.165, 1.54) is 36.9 Å². The zero-order valence-electron chi connectivity index (χ0n) is 15.6. The van der Waals surface area contributed by atoms with E-state index in [0.717, 1.165) is 43.4 Å². The highest BCUT2D eigenvalue weighted by Crippen LogP contribution is 2.38. The maximum atomic E-state index is 4.62. The molecule has 2 aliphatic heterocycles. The van der Waals surface area contributed by atoms with Crippen LogP contribution in [0.4, 0.5) is 11.6 Å². The number of aromatic nitrogens is 4. The molecule has 1 atom stereocenters. The molecule has 0 aromatic carbocycles. The maximum Gasteiger partial charge on any atom is 0.134 e. The number of hydrogen-bond acceptors (Lipinski definition) is 5. The van der Waals surface area contributed by atoms with Crippen LogP contribution in [0.2, 0.25) is 0 Å². The van der Waals surface area contributed by atoms with Gasteiger partial charge < -0.3 is 9.80 Å². The van der Waals surface area contributed by atoms with Gasteiger partial charge in [0.2, 0.25) is 0 Å². The molecule has 0 bridgehead atoms. The third-order valence-electron chi connectivity index (χ3n) is 5.76. The fraction of sp³-hybridized carbons (Fsp3) is 0.632. The topological polar surface area (TPSA) is 50.1 Å². The standard InChI is InChI=1S/C19H28N6/c1-14-19(15(2)23(3)22-14)16-8-7-11-25(16)18-12-17(20-13-21-18)24-9-5-4-6-10-24/h12-13,16H,4-11H2,1-3H3. The average molecular weight is 340 g/mol. The molecule has 2 aliphatic rings. The third kappa shape index (κ3) is 2.98. The third-order valence-corrected chi connectivity index (χ3v) is 5.76. The first kappa shape index (κ1) is 16.4. The van der Waals surface area contributed by atoms with Gasteiger partial charge in [0.1, 0.15) is 18.0 Å². The Morgan fingerprint density at radius 2 is 1.72 bits per heavy atom. The average Bonchev–Trinajstić information content (AvgIpc) is 3.20. The zero-order chi connectivity index (χ0) is 17.4. The molecular formula is C19H28N6. The molecule has 2 aromatic rings. The van der Waals surface area contributed by atoms with Crippen LogP contribution in [0.15, 0.2) is 12.4 Å². The molecule has 0 saturated carbocycles. The predicted molar refractivity (Wildman–Crippen MR) is 100 cm³/mol. The zero-order valence-corrected chi connectivity index (χ0v) is 15.6. The van der Waals surface area contributed by atoms with Crippen LogP contribution in [0.1, 0.15) is 55.1 Å². The maximum absolute atomic E-state index is 4.62. The van der Waals surface area contributed by atoms with Gasteiger partial charge >= 0.3 is 0 Å². The summed E-state index contributed by atoms with van der Waals surface area (Å²) in [7, 11) is 2.03. The van der Waals surface area contributed by atoms with E-state index in [4.69, 9.17) is 0 Å². The Kier molecular flexibility index (Phi) is 4.36. The Hall–Kier alpha value is -2.11. The first-order chi connectivity index (χ1) is 12.1. The molecule has 0 radical (unpaired) electrons. The Morgan fingerprint density at radius 3 is 2.44 bits per heavy atom. The van der Waals surface area contributed by atoms with Crippen molar-refractivity contribution in [3.63, 3.8) is 0 Å². The highest BCUT2D eigenvalue weighted by Gasteiger charge is 2.31. The molecule has 1 unspecified atom stereocenters. The second-order valence-electron chi connectivity index (χ2n) is 7.34. The first-order valence-corrected chi connectivity index (χ1v) is 9.49. The van der Waals surface area contributed by atoms with Gasteiger partial charge in [0.15, 0.2) is 0 Å².